The van der Waals surface area contributed by atoms with Crippen LogP contribution in [0.15, 0.2) is 23.4 Å². The van der Waals surface area contributed by atoms with Crippen molar-refractivity contribution in [2.75, 3.05) is 33.1 Å². The molecular weight excluding hydrogens is 352 g/mol. The monoisotopic (exact) mass is 376 g/mol. The number of aryl methyl sites for hydroxylation is 1. The normalized spacial score (nSPS) is 16.7. The number of aromatic nitrogens is 3. The minimum absolute atomic E-state index is 0.113. The molecule has 1 amide bonds. The lowest BCUT2D eigenvalue weighted by atomic mass is 9.97. The Morgan fingerprint density at radius 3 is 2.92 bits per heavy atom. The molecule has 1 aromatic carbocycles. The highest BCUT2D eigenvalue weighted by Gasteiger charge is 2.29. The largest absolute Gasteiger partial charge is 0.497 e. The molecule has 2 heterocycles. The van der Waals surface area contributed by atoms with Crippen molar-refractivity contribution >= 4 is 17.7 Å². The van der Waals surface area contributed by atoms with Gasteiger partial charge in [-0.3, -0.25) is 9.89 Å². The first-order valence-corrected chi connectivity index (χ1v) is 9.67. The number of carbonyl (C=O) groups is 1. The van der Waals surface area contributed by atoms with Gasteiger partial charge in [0.05, 0.1) is 20.0 Å². The average Bonchev–Trinajstić information content (AvgIpc) is 3.35. The molecule has 1 unspecified atom stereocenters. The van der Waals surface area contributed by atoms with Crippen molar-refractivity contribution in [3.8, 4) is 11.5 Å². The number of amides is 1. The summed E-state index contributed by atoms with van der Waals surface area (Å²) >= 11 is 1.37. The van der Waals surface area contributed by atoms with E-state index >= 15 is 0 Å². The van der Waals surface area contributed by atoms with E-state index in [-0.39, 0.29) is 11.8 Å². The van der Waals surface area contributed by atoms with Gasteiger partial charge in [-0.15, -0.1) is 5.10 Å². The van der Waals surface area contributed by atoms with E-state index in [1.807, 2.05) is 30.0 Å². The Bertz CT molecular complexity index is 765. The maximum absolute atomic E-state index is 12.5. The van der Waals surface area contributed by atoms with Gasteiger partial charge in [-0.1, -0.05) is 18.7 Å². The summed E-state index contributed by atoms with van der Waals surface area (Å²) in [6.45, 7) is 3.45. The van der Waals surface area contributed by atoms with Crippen molar-refractivity contribution in [1.82, 2.24) is 20.1 Å². The van der Waals surface area contributed by atoms with Crippen LogP contribution >= 0.6 is 11.8 Å². The molecule has 1 fully saturated rings. The highest BCUT2D eigenvalue weighted by molar-refractivity contribution is 7.99. The summed E-state index contributed by atoms with van der Waals surface area (Å²) in [6.07, 6.45) is 1.72. The van der Waals surface area contributed by atoms with Gasteiger partial charge in [-0.25, -0.2) is 4.98 Å². The van der Waals surface area contributed by atoms with Crippen LogP contribution in [0.3, 0.4) is 0 Å². The van der Waals surface area contributed by atoms with E-state index in [1.165, 1.54) is 11.8 Å². The highest BCUT2D eigenvalue weighted by atomic mass is 32.2. The summed E-state index contributed by atoms with van der Waals surface area (Å²) in [5, 5.41) is 7.61. The lowest BCUT2D eigenvalue weighted by Gasteiger charge is -2.18. The summed E-state index contributed by atoms with van der Waals surface area (Å²) in [4.78, 5) is 18.8. The maximum atomic E-state index is 12.5. The van der Waals surface area contributed by atoms with Crippen LogP contribution in [-0.4, -0.2) is 59.1 Å². The van der Waals surface area contributed by atoms with Crippen LogP contribution in [0.25, 0.3) is 0 Å². The molecule has 3 rings (SSSR count). The fraction of sp³-hybridized carbons (Fsp3) is 0.500. The Morgan fingerprint density at radius 2 is 2.23 bits per heavy atom. The third kappa shape index (κ3) is 4.12. The SMILES string of the molecule is CCc1nc(SCC(=O)N2CCC(c3cc(OC)ccc3OC)C2)n[nH]1. The Morgan fingerprint density at radius 1 is 1.38 bits per heavy atom. The van der Waals surface area contributed by atoms with E-state index in [0.717, 1.165) is 42.3 Å². The van der Waals surface area contributed by atoms with Gasteiger partial charge in [-0.05, 0) is 24.6 Å². The molecule has 1 aliphatic heterocycles. The number of carbonyl (C=O) groups excluding carboxylic acids is 1. The van der Waals surface area contributed by atoms with Crippen LogP contribution in [0.4, 0.5) is 0 Å². The topological polar surface area (TPSA) is 80.3 Å². The second-order valence-corrected chi connectivity index (χ2v) is 7.08. The predicted octanol–water partition coefficient (Wildman–Crippen LogP) is 2.49. The lowest BCUT2D eigenvalue weighted by molar-refractivity contribution is -0.127. The van der Waals surface area contributed by atoms with Crippen molar-refractivity contribution in [1.29, 1.82) is 0 Å². The number of rotatable bonds is 7. The van der Waals surface area contributed by atoms with Gasteiger partial charge in [0, 0.05) is 31.0 Å². The van der Waals surface area contributed by atoms with Gasteiger partial charge in [0.15, 0.2) is 0 Å². The molecule has 7 nitrogen and oxygen atoms in total. The Hall–Kier alpha value is -2.22. The summed E-state index contributed by atoms with van der Waals surface area (Å²) in [7, 11) is 3.32. The summed E-state index contributed by atoms with van der Waals surface area (Å²) in [6, 6.07) is 5.81. The molecule has 1 atom stereocenters. The minimum Gasteiger partial charge on any atom is -0.497 e. The van der Waals surface area contributed by atoms with Crippen molar-refractivity contribution in [2.45, 2.75) is 30.8 Å². The fourth-order valence-electron chi connectivity index (χ4n) is 3.12. The fourth-order valence-corrected chi connectivity index (χ4v) is 3.84. The summed E-state index contributed by atoms with van der Waals surface area (Å²) < 4.78 is 10.8. The molecular formula is C18H24N4O3S. The number of nitrogens with zero attached hydrogens (tertiary/aromatic N) is 3. The van der Waals surface area contributed by atoms with E-state index in [1.54, 1.807) is 14.2 Å². The standard InChI is InChI=1S/C18H24N4O3S/c1-4-16-19-18(21-20-16)26-11-17(23)22-8-7-12(10-22)14-9-13(24-2)5-6-15(14)25-3/h5-6,9,12H,4,7-8,10-11H2,1-3H3,(H,19,20,21). The molecule has 1 aromatic heterocycles. The smallest absolute Gasteiger partial charge is 0.233 e. The molecule has 1 aliphatic rings. The van der Waals surface area contributed by atoms with E-state index in [4.69, 9.17) is 9.47 Å². The third-order valence-electron chi connectivity index (χ3n) is 4.59. The number of hydrogen-bond acceptors (Lipinski definition) is 6. The molecule has 8 heteroatoms. The quantitative estimate of drug-likeness (QED) is 0.748. The van der Waals surface area contributed by atoms with Crippen LogP contribution in [0.5, 0.6) is 11.5 Å². The zero-order valence-electron chi connectivity index (χ0n) is 15.3. The van der Waals surface area contributed by atoms with Crippen LogP contribution in [0.1, 0.15) is 30.7 Å². The van der Waals surface area contributed by atoms with Crippen LogP contribution in [-0.2, 0) is 11.2 Å². The first kappa shape index (κ1) is 18.6. The Labute approximate surface area is 157 Å². The maximum Gasteiger partial charge on any atom is 0.233 e. The van der Waals surface area contributed by atoms with Crippen molar-refractivity contribution in [3.63, 3.8) is 0 Å². The minimum atomic E-state index is 0.113. The van der Waals surface area contributed by atoms with Gasteiger partial charge >= 0.3 is 0 Å². The van der Waals surface area contributed by atoms with Crippen LogP contribution < -0.4 is 9.47 Å². The van der Waals surface area contributed by atoms with Gasteiger partial charge in [0.2, 0.25) is 11.1 Å². The predicted molar refractivity (Wildman–Crippen MR) is 100.0 cm³/mol. The van der Waals surface area contributed by atoms with E-state index in [0.29, 0.717) is 17.5 Å². The van der Waals surface area contributed by atoms with Gasteiger partial charge in [0.25, 0.3) is 0 Å². The number of ether oxygens (including phenoxy) is 2. The summed E-state index contributed by atoms with van der Waals surface area (Å²) in [5.41, 5.74) is 1.09. The molecule has 140 valence electrons. The van der Waals surface area contributed by atoms with Gasteiger partial charge < -0.3 is 14.4 Å². The Kier molecular flexibility index (Phi) is 6.03. The Balaban J connectivity index is 1.60. The van der Waals surface area contributed by atoms with Crippen LogP contribution in [0, 0.1) is 0 Å². The molecule has 0 bridgehead atoms. The number of benzene rings is 1. The molecule has 1 N–H and O–H groups in total. The number of methoxy groups -OCH3 is 2. The van der Waals surface area contributed by atoms with E-state index in [2.05, 4.69) is 15.2 Å². The molecule has 0 saturated carbocycles. The second-order valence-electron chi connectivity index (χ2n) is 6.14. The number of H-pyrrole nitrogens is 1. The average molecular weight is 376 g/mol. The van der Waals surface area contributed by atoms with Gasteiger partial charge in [-0.2, -0.15) is 0 Å². The highest BCUT2D eigenvalue weighted by Crippen LogP contribution is 2.36. The zero-order valence-corrected chi connectivity index (χ0v) is 16.1. The molecule has 26 heavy (non-hydrogen) atoms. The molecule has 0 spiro atoms. The van der Waals surface area contributed by atoms with E-state index in [9.17, 15) is 4.79 Å². The van der Waals surface area contributed by atoms with Crippen molar-refractivity contribution < 1.29 is 14.3 Å². The second kappa shape index (κ2) is 8.44. The molecule has 1 saturated heterocycles. The first-order chi connectivity index (χ1) is 12.6. The molecule has 0 radical (unpaired) electrons. The first-order valence-electron chi connectivity index (χ1n) is 8.68. The van der Waals surface area contributed by atoms with Gasteiger partial charge in [0.1, 0.15) is 17.3 Å². The number of nitrogens with one attached hydrogen (secondary N) is 1. The number of aromatic amines is 1. The molecule has 2 aromatic rings. The van der Waals surface area contributed by atoms with Crippen molar-refractivity contribution in [3.05, 3.63) is 29.6 Å². The number of hydrogen-bond donors (Lipinski definition) is 1. The van der Waals surface area contributed by atoms with E-state index < -0.39 is 0 Å². The zero-order chi connectivity index (χ0) is 18.5. The lowest BCUT2D eigenvalue weighted by Crippen LogP contribution is -2.30. The molecule has 0 aliphatic carbocycles. The van der Waals surface area contributed by atoms with Crippen LogP contribution in [0.2, 0.25) is 0 Å². The van der Waals surface area contributed by atoms with Crippen molar-refractivity contribution in [2.24, 2.45) is 0 Å². The number of likely N-dealkylation sites (tertiary alicyclic amines) is 1. The third-order valence-corrected chi connectivity index (χ3v) is 5.42. The number of thioether (sulfide) groups is 1. The summed E-state index contributed by atoms with van der Waals surface area (Å²) in [5.74, 6) is 3.20.